The van der Waals surface area contributed by atoms with Gasteiger partial charge in [-0.3, -0.25) is 0 Å². The number of nitrogens with one attached hydrogen (secondary N) is 1. The molecule has 2 unspecified atom stereocenters. The van der Waals surface area contributed by atoms with Gasteiger partial charge in [-0.25, -0.2) is 0 Å². The molecule has 0 aliphatic carbocycles. The van der Waals surface area contributed by atoms with Crippen LogP contribution in [-0.4, -0.2) is 30.9 Å². The lowest BCUT2D eigenvalue weighted by Crippen LogP contribution is -2.37. The van der Waals surface area contributed by atoms with Gasteiger partial charge in [-0.2, -0.15) is 0 Å². The average molecular weight is 282 g/mol. The Bertz CT molecular complexity index is 775. The second kappa shape index (κ2) is 5.15. The fraction of sp³-hybridized carbons (Fsp3) is 0.294. The zero-order chi connectivity index (χ0) is 14.2. The summed E-state index contributed by atoms with van der Waals surface area (Å²) in [6.45, 7) is 1.84. The van der Waals surface area contributed by atoms with Gasteiger partial charge in [0.05, 0.1) is 25.9 Å². The lowest BCUT2D eigenvalue weighted by molar-refractivity contribution is -0.0975. The highest BCUT2D eigenvalue weighted by molar-refractivity contribution is 6.07. The van der Waals surface area contributed by atoms with Crippen molar-refractivity contribution >= 4 is 21.8 Å². The number of benzene rings is 2. The quantitative estimate of drug-likeness (QED) is 0.759. The summed E-state index contributed by atoms with van der Waals surface area (Å²) in [6.07, 6.45) is -0.0681. The van der Waals surface area contributed by atoms with Gasteiger partial charge in [0.1, 0.15) is 6.10 Å². The van der Waals surface area contributed by atoms with E-state index >= 15 is 0 Å². The second-order valence-corrected chi connectivity index (χ2v) is 5.49. The molecule has 3 N–H and O–H groups in total. The van der Waals surface area contributed by atoms with E-state index in [0.29, 0.717) is 19.8 Å². The molecule has 1 aliphatic heterocycles. The van der Waals surface area contributed by atoms with Crippen LogP contribution < -0.4 is 5.73 Å². The molecular weight excluding hydrogens is 264 g/mol. The molecule has 108 valence electrons. The smallest absolute Gasteiger partial charge is 0.100 e. The number of aromatic amines is 1. The number of H-pyrrole nitrogens is 1. The Morgan fingerprint density at radius 1 is 1.05 bits per heavy atom. The number of rotatable bonds is 2. The van der Waals surface area contributed by atoms with Crippen LogP contribution in [0.5, 0.6) is 0 Å². The molecule has 0 radical (unpaired) electrons. The normalized spacial score (nSPS) is 20.9. The Labute approximate surface area is 122 Å². The Morgan fingerprint density at radius 2 is 1.90 bits per heavy atom. The van der Waals surface area contributed by atoms with Gasteiger partial charge >= 0.3 is 0 Å². The van der Waals surface area contributed by atoms with Crippen LogP contribution in [0.3, 0.4) is 0 Å². The summed E-state index contributed by atoms with van der Waals surface area (Å²) in [5.74, 6) is 0. The first-order valence-corrected chi connectivity index (χ1v) is 7.28. The largest absolute Gasteiger partial charge is 0.376 e. The molecule has 21 heavy (non-hydrogen) atoms. The summed E-state index contributed by atoms with van der Waals surface area (Å²) in [5.41, 5.74) is 9.73. The summed E-state index contributed by atoms with van der Waals surface area (Å²) in [6, 6.07) is 14.5. The number of para-hydroxylation sites is 1. The minimum atomic E-state index is -0.164. The van der Waals surface area contributed by atoms with Crippen molar-refractivity contribution in [2.24, 2.45) is 5.73 Å². The van der Waals surface area contributed by atoms with Crippen LogP contribution in [0.15, 0.2) is 42.5 Å². The van der Waals surface area contributed by atoms with Gasteiger partial charge in [0.2, 0.25) is 0 Å². The molecule has 2 aromatic carbocycles. The van der Waals surface area contributed by atoms with Crippen LogP contribution in [0.4, 0.5) is 0 Å². The number of hydrogen-bond donors (Lipinski definition) is 2. The number of nitrogens with two attached hydrogens (primary N) is 1. The van der Waals surface area contributed by atoms with Crippen LogP contribution in [0.1, 0.15) is 11.6 Å². The van der Waals surface area contributed by atoms with Gasteiger partial charge in [-0.1, -0.05) is 24.3 Å². The van der Waals surface area contributed by atoms with Crippen molar-refractivity contribution in [1.82, 2.24) is 4.98 Å². The van der Waals surface area contributed by atoms with Crippen molar-refractivity contribution in [3.8, 4) is 0 Å². The van der Waals surface area contributed by atoms with Crippen LogP contribution in [0.25, 0.3) is 21.8 Å². The summed E-state index contributed by atoms with van der Waals surface area (Å²) >= 11 is 0. The zero-order valence-corrected chi connectivity index (χ0v) is 11.7. The molecular formula is C17H18N2O2. The van der Waals surface area contributed by atoms with Crippen LogP contribution in [-0.2, 0) is 9.47 Å². The first-order chi connectivity index (χ1) is 10.3. The predicted molar refractivity (Wildman–Crippen MR) is 83.3 cm³/mol. The third kappa shape index (κ3) is 2.21. The van der Waals surface area contributed by atoms with Crippen molar-refractivity contribution < 1.29 is 9.47 Å². The molecule has 0 amide bonds. The van der Waals surface area contributed by atoms with Crippen molar-refractivity contribution in [2.75, 3.05) is 19.8 Å². The average Bonchev–Trinajstić information content (AvgIpc) is 2.93. The van der Waals surface area contributed by atoms with E-state index in [-0.39, 0.29) is 12.1 Å². The van der Waals surface area contributed by atoms with E-state index in [1.165, 1.54) is 10.8 Å². The highest BCUT2D eigenvalue weighted by Crippen LogP contribution is 2.29. The Kier molecular flexibility index (Phi) is 3.15. The number of hydrogen-bond acceptors (Lipinski definition) is 3. The Balaban J connectivity index is 1.76. The molecule has 1 saturated heterocycles. The molecule has 2 heterocycles. The second-order valence-electron chi connectivity index (χ2n) is 5.49. The summed E-state index contributed by atoms with van der Waals surface area (Å²) in [5, 5.41) is 2.43. The first-order valence-electron chi connectivity index (χ1n) is 7.28. The van der Waals surface area contributed by atoms with Crippen molar-refractivity contribution in [2.45, 2.75) is 12.1 Å². The Hall–Kier alpha value is -1.88. The van der Waals surface area contributed by atoms with Gasteiger partial charge in [0, 0.05) is 21.8 Å². The van der Waals surface area contributed by atoms with E-state index in [2.05, 4.69) is 41.4 Å². The zero-order valence-electron chi connectivity index (χ0n) is 11.7. The first kappa shape index (κ1) is 12.8. The SMILES string of the molecule is NC(c1ccc2[nH]c3ccccc3c2c1)C1COCCO1. The number of ether oxygens (including phenoxy) is 2. The van der Waals surface area contributed by atoms with E-state index in [0.717, 1.165) is 16.6 Å². The third-order valence-corrected chi connectivity index (χ3v) is 4.16. The van der Waals surface area contributed by atoms with E-state index in [9.17, 15) is 0 Å². The summed E-state index contributed by atoms with van der Waals surface area (Å²) < 4.78 is 11.2. The molecule has 4 nitrogen and oxygen atoms in total. The highest BCUT2D eigenvalue weighted by atomic mass is 16.6. The Morgan fingerprint density at radius 3 is 2.76 bits per heavy atom. The van der Waals surface area contributed by atoms with Crippen molar-refractivity contribution in [3.63, 3.8) is 0 Å². The third-order valence-electron chi connectivity index (χ3n) is 4.16. The molecule has 4 heteroatoms. The monoisotopic (exact) mass is 282 g/mol. The minimum Gasteiger partial charge on any atom is -0.376 e. The standard InChI is InChI=1S/C17H18N2O2/c18-17(16-10-20-7-8-21-16)11-5-6-15-13(9-11)12-3-1-2-4-14(12)19-15/h1-6,9,16-17,19H,7-8,10,18H2. The van der Waals surface area contributed by atoms with Crippen molar-refractivity contribution in [3.05, 3.63) is 48.0 Å². The van der Waals surface area contributed by atoms with Gasteiger partial charge < -0.3 is 20.2 Å². The maximum atomic E-state index is 6.36. The lowest BCUT2D eigenvalue weighted by Gasteiger charge is -2.28. The maximum absolute atomic E-state index is 6.36. The molecule has 2 atom stereocenters. The molecule has 0 saturated carbocycles. The molecule has 1 aliphatic rings. The van der Waals surface area contributed by atoms with E-state index in [1.54, 1.807) is 0 Å². The van der Waals surface area contributed by atoms with Crippen LogP contribution >= 0.6 is 0 Å². The molecule has 0 bridgehead atoms. The van der Waals surface area contributed by atoms with Gasteiger partial charge in [-0.05, 0) is 23.8 Å². The van der Waals surface area contributed by atoms with Crippen molar-refractivity contribution in [1.29, 1.82) is 0 Å². The maximum Gasteiger partial charge on any atom is 0.100 e. The molecule has 1 fully saturated rings. The van der Waals surface area contributed by atoms with Crippen LogP contribution in [0, 0.1) is 0 Å². The van der Waals surface area contributed by atoms with E-state index < -0.39 is 0 Å². The van der Waals surface area contributed by atoms with E-state index in [4.69, 9.17) is 15.2 Å². The lowest BCUT2D eigenvalue weighted by atomic mass is 10.00. The number of aromatic nitrogens is 1. The predicted octanol–water partition coefficient (Wildman–Crippen LogP) is 2.74. The topological polar surface area (TPSA) is 60.3 Å². The molecule has 3 aromatic rings. The van der Waals surface area contributed by atoms with Crippen LogP contribution in [0.2, 0.25) is 0 Å². The minimum absolute atomic E-state index is 0.0681. The summed E-state index contributed by atoms with van der Waals surface area (Å²) in [4.78, 5) is 3.43. The fourth-order valence-corrected chi connectivity index (χ4v) is 3.00. The number of fused-ring (bicyclic) bond motifs is 3. The van der Waals surface area contributed by atoms with Gasteiger partial charge in [0.15, 0.2) is 0 Å². The van der Waals surface area contributed by atoms with Gasteiger partial charge in [0.25, 0.3) is 0 Å². The molecule has 1 aromatic heterocycles. The fourth-order valence-electron chi connectivity index (χ4n) is 3.00. The summed E-state index contributed by atoms with van der Waals surface area (Å²) in [7, 11) is 0. The highest BCUT2D eigenvalue weighted by Gasteiger charge is 2.23. The van der Waals surface area contributed by atoms with E-state index in [1.807, 2.05) is 6.07 Å². The van der Waals surface area contributed by atoms with Gasteiger partial charge in [-0.15, -0.1) is 0 Å². The molecule has 4 rings (SSSR count). The molecule has 0 spiro atoms.